The molecule has 1 N–H and O–H groups in total. The number of benzene rings is 2. The van der Waals surface area contributed by atoms with Crippen LogP contribution in [0.4, 0.5) is 0 Å². The van der Waals surface area contributed by atoms with E-state index in [2.05, 4.69) is 21.2 Å². The van der Waals surface area contributed by atoms with Crippen LogP contribution in [-0.2, 0) is 16.1 Å². The molecule has 5 nitrogen and oxygen atoms in total. The summed E-state index contributed by atoms with van der Waals surface area (Å²) in [6.45, 7) is 8.01. The molecule has 0 unspecified atom stereocenters. The van der Waals surface area contributed by atoms with Gasteiger partial charge >= 0.3 is 0 Å². The highest BCUT2D eigenvalue weighted by Gasteiger charge is 2.26. The van der Waals surface area contributed by atoms with Crippen molar-refractivity contribution in [1.29, 1.82) is 0 Å². The van der Waals surface area contributed by atoms with Gasteiger partial charge in [0.2, 0.25) is 5.91 Å². The zero-order chi connectivity index (χ0) is 21.6. The van der Waals surface area contributed by atoms with E-state index in [0.29, 0.717) is 17.3 Å². The van der Waals surface area contributed by atoms with Crippen LogP contribution in [0.5, 0.6) is 5.75 Å². The summed E-state index contributed by atoms with van der Waals surface area (Å²) in [6.07, 6.45) is 0. The van der Waals surface area contributed by atoms with Gasteiger partial charge in [0, 0.05) is 22.6 Å². The summed E-state index contributed by atoms with van der Waals surface area (Å²) >= 11 is 9.79. The molecule has 0 bridgehead atoms. The van der Waals surface area contributed by atoms with Crippen molar-refractivity contribution in [2.75, 3.05) is 13.2 Å². The van der Waals surface area contributed by atoms with Crippen LogP contribution in [0.2, 0.25) is 5.02 Å². The lowest BCUT2D eigenvalue weighted by Gasteiger charge is -2.29. The third kappa shape index (κ3) is 6.21. The largest absolute Gasteiger partial charge is 0.484 e. The molecule has 0 aromatic heterocycles. The average molecular weight is 482 g/mol. The molecule has 2 amide bonds. The molecule has 2 aromatic carbocycles. The maximum absolute atomic E-state index is 13.0. The molecule has 1 atom stereocenters. The number of carbonyl (C=O) groups is 2. The lowest BCUT2D eigenvalue weighted by Crippen LogP contribution is -2.49. The Morgan fingerprint density at radius 1 is 1.21 bits per heavy atom. The van der Waals surface area contributed by atoms with Crippen LogP contribution in [0.1, 0.15) is 30.5 Å². The number of hydrogen-bond acceptors (Lipinski definition) is 3. The minimum atomic E-state index is -0.657. The summed E-state index contributed by atoms with van der Waals surface area (Å²) in [7, 11) is 0. The molecule has 2 rings (SSSR count). The zero-order valence-corrected chi connectivity index (χ0v) is 19.4. The van der Waals surface area contributed by atoms with Crippen molar-refractivity contribution in [2.45, 2.75) is 40.3 Å². The number of ether oxygens (including phenoxy) is 1. The summed E-state index contributed by atoms with van der Waals surface area (Å²) in [6, 6.07) is 10.4. The standard InChI is InChI=1S/C22H26BrClN2O3/c1-5-25-22(28)16(4)26(12-17-8-6-7-9-19(17)24)20(27)13-29-18-10-14(2)21(23)15(3)11-18/h6-11,16H,5,12-13H2,1-4H3,(H,25,28)/t16-/m0/s1. The Morgan fingerprint density at radius 3 is 2.41 bits per heavy atom. The highest BCUT2D eigenvalue weighted by molar-refractivity contribution is 9.10. The molecule has 0 heterocycles. The first-order chi connectivity index (χ1) is 13.7. The van der Waals surface area contributed by atoms with Crippen molar-refractivity contribution in [1.82, 2.24) is 10.2 Å². The predicted molar refractivity (Wildman–Crippen MR) is 119 cm³/mol. The number of carbonyl (C=O) groups excluding carboxylic acids is 2. The molecule has 0 aliphatic rings. The van der Waals surface area contributed by atoms with E-state index >= 15 is 0 Å². The Kier molecular flexibility index (Phi) is 8.53. The SMILES string of the molecule is CCNC(=O)[C@H](C)N(Cc1ccccc1Cl)C(=O)COc1cc(C)c(Br)c(C)c1. The van der Waals surface area contributed by atoms with Gasteiger partial charge in [0.05, 0.1) is 0 Å². The van der Waals surface area contributed by atoms with Crippen LogP contribution in [0.3, 0.4) is 0 Å². The van der Waals surface area contributed by atoms with E-state index in [1.165, 1.54) is 4.90 Å². The Balaban J connectivity index is 2.19. The average Bonchev–Trinajstić information content (AvgIpc) is 2.69. The molecule has 0 fully saturated rings. The van der Waals surface area contributed by atoms with Gasteiger partial charge in [-0.25, -0.2) is 0 Å². The Hall–Kier alpha value is -2.05. The number of rotatable bonds is 8. The maximum atomic E-state index is 13.0. The molecular weight excluding hydrogens is 456 g/mol. The van der Waals surface area contributed by atoms with Crippen LogP contribution in [0, 0.1) is 13.8 Å². The van der Waals surface area contributed by atoms with Crippen LogP contribution >= 0.6 is 27.5 Å². The Morgan fingerprint density at radius 2 is 1.83 bits per heavy atom. The molecule has 0 radical (unpaired) electrons. The van der Waals surface area contributed by atoms with E-state index < -0.39 is 6.04 Å². The van der Waals surface area contributed by atoms with Crippen molar-refractivity contribution < 1.29 is 14.3 Å². The molecule has 0 saturated heterocycles. The monoisotopic (exact) mass is 480 g/mol. The van der Waals surface area contributed by atoms with Gasteiger partial charge in [-0.15, -0.1) is 0 Å². The summed E-state index contributed by atoms with van der Waals surface area (Å²) in [5, 5.41) is 3.31. The van der Waals surface area contributed by atoms with Crippen molar-refractivity contribution >= 4 is 39.3 Å². The fraction of sp³-hybridized carbons (Fsp3) is 0.364. The molecule has 0 saturated carbocycles. The second-order valence-electron chi connectivity index (χ2n) is 6.84. The van der Waals surface area contributed by atoms with E-state index in [9.17, 15) is 9.59 Å². The topological polar surface area (TPSA) is 58.6 Å². The van der Waals surface area contributed by atoms with E-state index in [0.717, 1.165) is 21.2 Å². The number of likely N-dealkylation sites (N-methyl/N-ethyl adjacent to an activating group) is 1. The third-order valence-corrected chi connectivity index (χ3v) is 6.21. The molecular formula is C22H26BrClN2O3. The van der Waals surface area contributed by atoms with Crippen molar-refractivity contribution in [3.05, 3.63) is 62.6 Å². The van der Waals surface area contributed by atoms with Gasteiger partial charge in [0.25, 0.3) is 5.91 Å². The van der Waals surface area contributed by atoms with E-state index in [-0.39, 0.29) is 25.0 Å². The van der Waals surface area contributed by atoms with Gasteiger partial charge in [-0.2, -0.15) is 0 Å². The van der Waals surface area contributed by atoms with Crippen LogP contribution in [-0.4, -0.2) is 35.9 Å². The molecule has 7 heteroatoms. The van der Waals surface area contributed by atoms with Gasteiger partial charge in [-0.05, 0) is 62.6 Å². The van der Waals surface area contributed by atoms with Crippen LogP contribution < -0.4 is 10.1 Å². The highest BCUT2D eigenvalue weighted by atomic mass is 79.9. The van der Waals surface area contributed by atoms with Crippen LogP contribution in [0.25, 0.3) is 0 Å². The Labute approximate surface area is 185 Å². The first kappa shape index (κ1) is 23.2. The summed E-state index contributed by atoms with van der Waals surface area (Å²) in [5.74, 6) is 0.102. The van der Waals surface area contributed by atoms with Gasteiger partial charge < -0.3 is 15.0 Å². The quantitative estimate of drug-likeness (QED) is 0.597. The predicted octanol–water partition coefficient (Wildman–Crippen LogP) is 4.65. The number of aryl methyl sites for hydroxylation is 2. The lowest BCUT2D eigenvalue weighted by molar-refractivity contribution is -0.142. The first-order valence-corrected chi connectivity index (χ1v) is 10.6. The fourth-order valence-corrected chi connectivity index (χ4v) is 3.36. The van der Waals surface area contributed by atoms with E-state index in [1.54, 1.807) is 13.0 Å². The molecule has 2 aromatic rings. The van der Waals surface area contributed by atoms with Gasteiger partial charge in [0.15, 0.2) is 6.61 Å². The summed E-state index contributed by atoms with van der Waals surface area (Å²) in [4.78, 5) is 26.9. The second kappa shape index (κ2) is 10.6. The van der Waals surface area contributed by atoms with Gasteiger partial charge in [0.1, 0.15) is 11.8 Å². The van der Waals surface area contributed by atoms with Crippen LogP contribution in [0.15, 0.2) is 40.9 Å². The normalized spacial score (nSPS) is 11.7. The van der Waals surface area contributed by atoms with E-state index in [4.69, 9.17) is 16.3 Å². The number of nitrogens with zero attached hydrogens (tertiary/aromatic N) is 1. The Bertz CT molecular complexity index is 865. The molecule has 0 aliphatic heterocycles. The number of amides is 2. The number of hydrogen-bond donors (Lipinski definition) is 1. The molecule has 0 spiro atoms. The van der Waals surface area contributed by atoms with Gasteiger partial charge in [-0.3, -0.25) is 9.59 Å². The van der Waals surface area contributed by atoms with Crippen molar-refractivity contribution in [2.24, 2.45) is 0 Å². The molecule has 156 valence electrons. The summed E-state index contributed by atoms with van der Waals surface area (Å²) < 4.78 is 6.76. The maximum Gasteiger partial charge on any atom is 0.261 e. The molecule has 0 aliphatic carbocycles. The van der Waals surface area contributed by atoms with Crippen molar-refractivity contribution in [3.8, 4) is 5.75 Å². The molecule has 29 heavy (non-hydrogen) atoms. The van der Waals surface area contributed by atoms with Crippen molar-refractivity contribution in [3.63, 3.8) is 0 Å². The highest BCUT2D eigenvalue weighted by Crippen LogP contribution is 2.26. The minimum Gasteiger partial charge on any atom is -0.484 e. The minimum absolute atomic E-state index is 0.172. The zero-order valence-electron chi connectivity index (χ0n) is 17.1. The lowest BCUT2D eigenvalue weighted by atomic mass is 10.1. The van der Waals surface area contributed by atoms with Gasteiger partial charge in [-0.1, -0.05) is 45.7 Å². The summed E-state index contributed by atoms with van der Waals surface area (Å²) in [5.41, 5.74) is 2.82. The third-order valence-electron chi connectivity index (χ3n) is 4.59. The second-order valence-corrected chi connectivity index (χ2v) is 8.04. The number of halogens is 2. The smallest absolute Gasteiger partial charge is 0.261 e. The van der Waals surface area contributed by atoms with E-state index in [1.807, 2.05) is 51.1 Å². The fourth-order valence-electron chi connectivity index (χ4n) is 2.93. The number of nitrogens with one attached hydrogen (secondary N) is 1. The first-order valence-electron chi connectivity index (χ1n) is 9.44.